The van der Waals surface area contributed by atoms with Gasteiger partial charge >= 0.3 is 0 Å². The highest BCUT2D eigenvalue weighted by atomic mass is 32.1. The van der Waals surface area contributed by atoms with Crippen LogP contribution in [0.1, 0.15) is 99.9 Å². The highest BCUT2D eigenvalue weighted by molar-refractivity contribution is 7.26. The second-order valence-electron chi connectivity index (χ2n) is 41.6. The molecule has 14 heterocycles. The summed E-state index contributed by atoms with van der Waals surface area (Å²) >= 11 is 3.78. The molecule has 0 unspecified atom stereocenters. The molecule has 0 fully saturated rings. The molecule has 4 aliphatic rings. The van der Waals surface area contributed by atoms with Gasteiger partial charge in [0.25, 0.3) is 0 Å². The number of para-hydroxylation sites is 8. The van der Waals surface area contributed by atoms with Crippen molar-refractivity contribution >= 4 is 151 Å². The zero-order chi connectivity index (χ0) is 98.9. The van der Waals surface area contributed by atoms with Gasteiger partial charge in [-0.15, -0.1) is 22.7 Å². The van der Waals surface area contributed by atoms with Gasteiger partial charge in [0.05, 0.1) is 88.9 Å². The fourth-order valence-corrected chi connectivity index (χ4v) is 27.3. The van der Waals surface area contributed by atoms with Gasteiger partial charge in [-0.25, -0.2) is 19.9 Å². The second-order valence-corrected chi connectivity index (χ2v) is 43.8. The van der Waals surface area contributed by atoms with Crippen molar-refractivity contribution < 1.29 is 0 Å². The minimum atomic E-state index is -0.185. The first kappa shape index (κ1) is 86.8. The van der Waals surface area contributed by atoms with Crippen molar-refractivity contribution in [3.05, 3.63) is 482 Å². The monoisotopic (exact) mass is 1940 g/mol. The maximum Gasteiger partial charge on any atom is 0.145 e. The maximum absolute atomic E-state index is 5.17. The highest BCUT2D eigenvalue weighted by Gasteiger charge is 2.42. The molecule has 0 spiro atoms. The van der Waals surface area contributed by atoms with Gasteiger partial charge in [0.15, 0.2) is 0 Å². The van der Waals surface area contributed by atoms with Crippen molar-refractivity contribution in [2.45, 2.75) is 77.0 Å². The molecule has 704 valence electrons. The molecule has 0 N–H and O–H groups in total. The molecular formula is C134H96N12S2. The van der Waals surface area contributed by atoms with Crippen molar-refractivity contribution in [1.29, 1.82) is 0 Å². The van der Waals surface area contributed by atoms with E-state index >= 15 is 0 Å². The van der Waals surface area contributed by atoms with E-state index in [4.69, 9.17) is 19.9 Å². The molecule has 0 atom stereocenters. The smallest absolute Gasteiger partial charge is 0.145 e. The van der Waals surface area contributed by atoms with Crippen LogP contribution in [0.15, 0.2) is 437 Å². The summed E-state index contributed by atoms with van der Waals surface area (Å²) in [6.07, 6.45) is 7.35. The Kier molecular flexibility index (Phi) is 19.3. The lowest BCUT2D eigenvalue weighted by Crippen LogP contribution is -2.26. The quantitative estimate of drug-likeness (QED) is 0.150. The number of hydrogen-bond donors (Lipinski definition) is 0. The topological polar surface area (TPSA) is 107 Å². The minimum absolute atomic E-state index is 0.141. The van der Waals surface area contributed by atoms with Gasteiger partial charge in [0, 0.05) is 142 Å². The van der Waals surface area contributed by atoms with E-state index in [1.807, 2.05) is 71.7 Å². The van der Waals surface area contributed by atoms with E-state index in [-0.39, 0.29) is 21.7 Å². The molecule has 0 radical (unpaired) electrons. The maximum atomic E-state index is 5.17. The van der Waals surface area contributed by atoms with Gasteiger partial charge in [-0.3, -0.25) is 28.2 Å². The molecule has 32 rings (SSSR count). The Balaban J connectivity index is 0.0000000930. The van der Waals surface area contributed by atoms with Crippen molar-refractivity contribution in [2.75, 3.05) is 0 Å². The number of nitrogens with zero attached hydrogens (tertiary/aromatic N) is 12. The number of aromatic nitrogens is 12. The number of thiophene rings is 2. The third-order valence-corrected chi connectivity index (χ3v) is 34.5. The Morgan fingerprint density at radius 2 is 0.486 bits per heavy atom. The lowest BCUT2D eigenvalue weighted by atomic mass is 9.74. The molecule has 10 aromatic heterocycles. The normalized spacial score (nSPS) is 13.9. The predicted octanol–water partition coefficient (Wildman–Crippen LogP) is 34.4. The van der Waals surface area contributed by atoms with Gasteiger partial charge in [-0.05, 0) is 206 Å². The van der Waals surface area contributed by atoms with Crippen LogP contribution in [0, 0.1) is 0 Å². The van der Waals surface area contributed by atoms with Crippen LogP contribution >= 0.6 is 22.7 Å². The van der Waals surface area contributed by atoms with Crippen LogP contribution in [0.4, 0.5) is 0 Å². The Hall–Kier alpha value is -17.8. The summed E-state index contributed by atoms with van der Waals surface area (Å²) in [4.78, 5) is 29.0. The Bertz CT molecular complexity index is 9980. The number of pyridine rings is 2. The van der Waals surface area contributed by atoms with Gasteiger partial charge < -0.3 is 9.13 Å². The molecule has 0 saturated heterocycles. The summed E-state index contributed by atoms with van der Waals surface area (Å²) in [5, 5.41) is 10.4. The molecule has 0 amide bonds. The molecule has 28 aromatic rings. The van der Waals surface area contributed by atoms with E-state index in [1.54, 1.807) is 0 Å². The second kappa shape index (κ2) is 32.9. The van der Waals surface area contributed by atoms with E-state index in [0.29, 0.717) is 0 Å². The summed E-state index contributed by atoms with van der Waals surface area (Å²) < 4.78 is 19.6. The average Bonchev–Trinajstić information content (AvgIpc) is 1.50. The van der Waals surface area contributed by atoms with Crippen LogP contribution in [0.2, 0.25) is 0 Å². The van der Waals surface area contributed by atoms with Crippen molar-refractivity contribution in [3.8, 4) is 102 Å². The van der Waals surface area contributed by atoms with Gasteiger partial charge in [-0.2, -0.15) is 0 Å². The summed E-state index contributed by atoms with van der Waals surface area (Å²) in [5.41, 5.74) is 40.3. The Labute approximate surface area is 862 Å². The van der Waals surface area contributed by atoms with Crippen LogP contribution in [0.25, 0.3) is 230 Å². The van der Waals surface area contributed by atoms with E-state index in [1.165, 1.54) is 201 Å². The number of rotatable bonds is 8. The molecule has 0 saturated carbocycles. The first-order chi connectivity index (χ1) is 72.5. The number of fused-ring (bicyclic) bond motifs is 20. The van der Waals surface area contributed by atoms with Crippen LogP contribution in [-0.2, 0) is 21.7 Å². The molecule has 18 aromatic carbocycles. The standard InChI is InChI=1S/C34H25N3.C34H24N2S.C33H24N4.C33H23N3S/c1-34(2)26-20-19-23(36-29-17-8-6-13-24(29)25-14-7-9-18-30(25)36)21-31(26)37-32-27(34)15-10-16-28(32)35-33(37)22-11-4-3-5-12-22;1-34(2)26-15-9-16-28-31(26)36(33(35-28)21-10-4-3-5-11-21)29-19-18-22(20-27(29)34)23-13-8-14-25-24-12-6-7-17-30(24)37-32(23)25;1-33(2)25-10-7-11-27-31(25)37(32(35-27)21-16-18-34-19-17-21)30-15-14-22(20-26(30)33)36-28-12-5-3-8-23(28)24-9-4-6-13-29(24)36;1-33(2)25-10-6-11-27-30(25)36(32(35-27)20-15-17-34-18-16-20)28-14-13-21(19-26(28)33)22-8-5-9-24-23-7-3-4-12-29(23)37-31(22)24/h3-21H,1-2H3;2*3-20H,1-2H3;3-19H,1-2H3. The highest BCUT2D eigenvalue weighted by Crippen LogP contribution is 2.55. The zero-order valence-electron chi connectivity index (χ0n) is 82.8. The van der Waals surface area contributed by atoms with Gasteiger partial charge in [-0.1, -0.05) is 328 Å². The average molecular weight is 1940 g/mol. The van der Waals surface area contributed by atoms with Crippen LogP contribution in [0.5, 0.6) is 0 Å². The molecule has 14 heteroatoms. The minimum Gasteiger partial charge on any atom is -0.309 e. The fraction of sp³-hybridized carbons (Fsp3) is 0.0896. The Morgan fingerprint density at radius 1 is 0.196 bits per heavy atom. The molecular weight excluding hydrogens is 1840 g/mol. The lowest BCUT2D eigenvalue weighted by molar-refractivity contribution is 0.628. The largest absolute Gasteiger partial charge is 0.309 e. The first-order valence-electron chi connectivity index (χ1n) is 50.9. The summed E-state index contributed by atoms with van der Waals surface area (Å²) in [5.74, 6) is 3.89. The summed E-state index contributed by atoms with van der Waals surface area (Å²) in [6.45, 7) is 18.7. The zero-order valence-corrected chi connectivity index (χ0v) is 84.4. The third-order valence-electron chi connectivity index (χ3n) is 32.1. The number of imidazole rings is 4. The predicted molar refractivity (Wildman–Crippen MR) is 615 cm³/mol. The molecule has 148 heavy (non-hydrogen) atoms. The van der Waals surface area contributed by atoms with Crippen LogP contribution in [0.3, 0.4) is 0 Å². The van der Waals surface area contributed by atoms with E-state index < -0.39 is 0 Å². The van der Waals surface area contributed by atoms with Crippen molar-refractivity contribution in [2.24, 2.45) is 0 Å². The van der Waals surface area contributed by atoms with E-state index in [2.05, 4.69) is 481 Å². The molecule has 4 aliphatic heterocycles. The fourth-order valence-electron chi connectivity index (χ4n) is 24.9. The third kappa shape index (κ3) is 12.9. The SMILES string of the molecule is CC1(C)c2cc(-c3cccc4c3sc3ccccc34)ccc2-n2c(-c3ccccc3)nc3cccc1c32.CC1(C)c2cc(-c3cccc4c3sc3ccccc34)ccc2-n2c(-c3ccncc3)nc3cccc1c32.CC1(C)c2cc(-n3c4ccccc4c4ccccc43)ccc2-n2c(-c3ccncc3)nc3cccc1c32.CC1(C)c2ccc(-n3c4ccccc4c4ccccc43)cc2-n2c(-c3ccccc3)nc3cccc1c32. The molecule has 12 nitrogen and oxygen atoms in total. The molecule has 0 aliphatic carbocycles. The number of benzene rings is 18. The first-order valence-corrected chi connectivity index (χ1v) is 52.5. The van der Waals surface area contributed by atoms with Crippen LogP contribution < -0.4 is 0 Å². The molecule has 0 bridgehead atoms. The number of hydrogen-bond acceptors (Lipinski definition) is 8. The Morgan fingerprint density at radius 3 is 0.865 bits per heavy atom. The summed E-state index contributed by atoms with van der Waals surface area (Å²) in [7, 11) is 0. The van der Waals surface area contributed by atoms with Crippen LogP contribution in [-0.4, -0.2) is 57.3 Å². The summed E-state index contributed by atoms with van der Waals surface area (Å²) in [6, 6.07) is 149. The van der Waals surface area contributed by atoms with E-state index in [9.17, 15) is 0 Å². The lowest BCUT2D eigenvalue weighted by Gasteiger charge is -2.35. The van der Waals surface area contributed by atoms with Gasteiger partial charge in [0.2, 0.25) is 0 Å². The van der Waals surface area contributed by atoms with Crippen molar-refractivity contribution in [1.82, 2.24) is 57.3 Å². The van der Waals surface area contributed by atoms with Crippen molar-refractivity contribution in [3.63, 3.8) is 0 Å². The van der Waals surface area contributed by atoms with E-state index in [0.717, 1.165) is 73.3 Å². The van der Waals surface area contributed by atoms with Gasteiger partial charge in [0.1, 0.15) is 23.3 Å².